The predicted octanol–water partition coefficient (Wildman–Crippen LogP) is 4.27. The smallest absolute Gasteiger partial charge is 0.126 e. The molecule has 0 radical (unpaired) electrons. The lowest BCUT2D eigenvalue weighted by molar-refractivity contribution is 0.574. The first-order chi connectivity index (χ1) is 8.56. The van der Waals surface area contributed by atoms with Crippen LogP contribution in [-0.4, -0.2) is 0 Å². The Balaban J connectivity index is 2.40. The number of hydrogen-bond acceptors (Lipinski definition) is 1. The van der Waals surface area contributed by atoms with Crippen molar-refractivity contribution >= 4 is 5.69 Å². The van der Waals surface area contributed by atoms with Crippen LogP contribution in [0.4, 0.5) is 10.1 Å². The molecule has 2 aromatic carbocycles. The van der Waals surface area contributed by atoms with Crippen LogP contribution in [0.5, 0.6) is 0 Å². The number of hydrogen-bond donors (Lipinski definition) is 1. The van der Waals surface area contributed by atoms with E-state index in [1.54, 1.807) is 6.07 Å². The van der Waals surface area contributed by atoms with E-state index in [0.717, 1.165) is 28.8 Å². The first kappa shape index (κ1) is 12.6. The van der Waals surface area contributed by atoms with Crippen molar-refractivity contribution in [3.05, 3.63) is 53.8 Å². The maximum Gasteiger partial charge on any atom is 0.126 e. The Morgan fingerprint density at radius 2 is 1.78 bits per heavy atom. The molecular weight excluding hydrogens is 225 g/mol. The highest BCUT2D eigenvalue weighted by atomic mass is 19.1. The normalized spacial score (nSPS) is 10.9. The quantitative estimate of drug-likeness (QED) is 0.800. The summed E-state index contributed by atoms with van der Waals surface area (Å²) in [6.07, 6.45) is 0.752. The van der Waals surface area contributed by atoms with E-state index in [1.165, 1.54) is 6.07 Å². The molecule has 0 amide bonds. The minimum Gasteiger partial charge on any atom is -0.399 e. The van der Waals surface area contributed by atoms with E-state index < -0.39 is 0 Å². The highest BCUT2D eigenvalue weighted by Gasteiger charge is 2.07. The lowest BCUT2D eigenvalue weighted by atomic mass is 9.97. The van der Waals surface area contributed by atoms with Gasteiger partial charge in [-0.1, -0.05) is 32.0 Å². The second-order valence-electron chi connectivity index (χ2n) is 5.03. The monoisotopic (exact) mass is 243 g/mol. The van der Waals surface area contributed by atoms with Crippen molar-refractivity contribution in [3.8, 4) is 11.1 Å². The van der Waals surface area contributed by atoms with Crippen molar-refractivity contribution in [3.63, 3.8) is 0 Å². The van der Waals surface area contributed by atoms with Crippen LogP contribution >= 0.6 is 0 Å². The lowest BCUT2D eigenvalue weighted by Gasteiger charge is -2.09. The van der Waals surface area contributed by atoms with E-state index in [-0.39, 0.29) is 5.82 Å². The van der Waals surface area contributed by atoms with Gasteiger partial charge in [-0.15, -0.1) is 0 Å². The molecule has 0 heterocycles. The first-order valence-corrected chi connectivity index (χ1v) is 6.20. The zero-order valence-electron chi connectivity index (χ0n) is 10.8. The largest absolute Gasteiger partial charge is 0.399 e. The summed E-state index contributed by atoms with van der Waals surface area (Å²) in [6, 6.07) is 12.9. The second kappa shape index (κ2) is 5.21. The Morgan fingerprint density at radius 1 is 1.06 bits per heavy atom. The van der Waals surface area contributed by atoms with Crippen LogP contribution in [0.3, 0.4) is 0 Å². The minimum atomic E-state index is -0.128. The molecule has 0 bridgehead atoms. The Bertz CT molecular complexity index is 547. The van der Waals surface area contributed by atoms with Gasteiger partial charge in [0.1, 0.15) is 5.82 Å². The van der Waals surface area contributed by atoms with Gasteiger partial charge >= 0.3 is 0 Å². The number of benzene rings is 2. The van der Waals surface area contributed by atoms with Gasteiger partial charge in [0, 0.05) is 5.69 Å². The van der Waals surface area contributed by atoms with Crippen molar-refractivity contribution < 1.29 is 4.39 Å². The fraction of sp³-hybridized carbons (Fsp3) is 0.250. The fourth-order valence-corrected chi connectivity index (χ4v) is 2.07. The second-order valence-corrected chi connectivity index (χ2v) is 5.03. The summed E-state index contributed by atoms with van der Waals surface area (Å²) in [5, 5.41) is 0. The molecule has 18 heavy (non-hydrogen) atoms. The van der Waals surface area contributed by atoms with Crippen LogP contribution in [0.15, 0.2) is 42.5 Å². The highest BCUT2D eigenvalue weighted by molar-refractivity contribution is 5.67. The van der Waals surface area contributed by atoms with Gasteiger partial charge in [-0.2, -0.15) is 0 Å². The molecule has 0 aliphatic rings. The van der Waals surface area contributed by atoms with Crippen molar-refractivity contribution in [2.75, 3.05) is 5.73 Å². The molecule has 0 aromatic heterocycles. The molecule has 1 nitrogen and oxygen atoms in total. The Kier molecular flexibility index (Phi) is 3.66. The molecule has 0 aliphatic carbocycles. The van der Waals surface area contributed by atoms with Crippen LogP contribution in [-0.2, 0) is 6.42 Å². The maximum atomic E-state index is 13.7. The molecule has 0 spiro atoms. The summed E-state index contributed by atoms with van der Waals surface area (Å²) < 4.78 is 13.7. The number of rotatable bonds is 3. The van der Waals surface area contributed by atoms with Crippen LogP contribution in [0, 0.1) is 11.7 Å². The molecule has 0 saturated heterocycles. The summed E-state index contributed by atoms with van der Waals surface area (Å²) in [4.78, 5) is 0. The molecule has 2 N–H and O–H groups in total. The van der Waals surface area contributed by atoms with E-state index in [2.05, 4.69) is 13.8 Å². The third-order valence-electron chi connectivity index (χ3n) is 2.89. The zero-order chi connectivity index (χ0) is 13.1. The van der Waals surface area contributed by atoms with Gasteiger partial charge in [-0.05, 0) is 53.3 Å². The molecule has 2 heteroatoms. The number of nitrogens with two attached hydrogens (primary N) is 1. The van der Waals surface area contributed by atoms with E-state index in [0.29, 0.717) is 5.92 Å². The van der Waals surface area contributed by atoms with Crippen LogP contribution in [0.1, 0.15) is 19.4 Å². The summed E-state index contributed by atoms with van der Waals surface area (Å²) in [5.41, 5.74) is 9.30. The topological polar surface area (TPSA) is 26.0 Å². The summed E-state index contributed by atoms with van der Waals surface area (Å²) >= 11 is 0. The molecule has 0 saturated carbocycles. The van der Waals surface area contributed by atoms with Gasteiger partial charge in [0.25, 0.3) is 0 Å². The Morgan fingerprint density at radius 3 is 2.44 bits per heavy atom. The summed E-state index contributed by atoms with van der Waals surface area (Å²) in [5.74, 6) is 0.312. The molecule has 0 aliphatic heterocycles. The first-order valence-electron chi connectivity index (χ1n) is 6.20. The third-order valence-corrected chi connectivity index (χ3v) is 2.89. The number of anilines is 1. The molecule has 0 fully saturated rings. The van der Waals surface area contributed by atoms with Crippen molar-refractivity contribution in [1.29, 1.82) is 0 Å². The van der Waals surface area contributed by atoms with Gasteiger partial charge in [-0.3, -0.25) is 0 Å². The highest BCUT2D eigenvalue weighted by Crippen LogP contribution is 2.25. The van der Waals surface area contributed by atoms with E-state index >= 15 is 0 Å². The molecular formula is C16H18FN. The fourth-order valence-electron chi connectivity index (χ4n) is 2.07. The lowest BCUT2D eigenvalue weighted by Crippen LogP contribution is -1.98. The summed E-state index contributed by atoms with van der Waals surface area (Å²) in [7, 11) is 0. The van der Waals surface area contributed by atoms with Crippen LogP contribution in [0.25, 0.3) is 11.1 Å². The van der Waals surface area contributed by atoms with Gasteiger partial charge in [0.2, 0.25) is 0 Å². The minimum absolute atomic E-state index is 0.128. The van der Waals surface area contributed by atoms with Gasteiger partial charge in [0.15, 0.2) is 0 Å². The molecule has 2 aromatic rings. The molecule has 2 rings (SSSR count). The van der Waals surface area contributed by atoms with Gasteiger partial charge < -0.3 is 5.73 Å². The van der Waals surface area contributed by atoms with E-state index in [4.69, 9.17) is 5.73 Å². The van der Waals surface area contributed by atoms with Crippen molar-refractivity contribution in [2.45, 2.75) is 20.3 Å². The van der Waals surface area contributed by atoms with Crippen molar-refractivity contribution in [2.24, 2.45) is 5.92 Å². The van der Waals surface area contributed by atoms with Crippen LogP contribution < -0.4 is 5.73 Å². The predicted molar refractivity (Wildman–Crippen MR) is 74.8 cm³/mol. The van der Waals surface area contributed by atoms with Gasteiger partial charge in [-0.25, -0.2) is 4.39 Å². The number of nitrogen functional groups attached to an aromatic ring is 1. The zero-order valence-corrected chi connectivity index (χ0v) is 10.8. The third kappa shape index (κ3) is 2.89. The molecule has 0 atom stereocenters. The standard InChI is InChI=1S/C16H18FN/c1-11(2)8-14-9-13(6-7-16(14)17)12-4-3-5-15(18)10-12/h3-7,9-11H,8,18H2,1-2H3. The van der Waals surface area contributed by atoms with Gasteiger partial charge in [0.05, 0.1) is 0 Å². The maximum absolute atomic E-state index is 13.7. The van der Waals surface area contributed by atoms with Crippen molar-refractivity contribution in [1.82, 2.24) is 0 Å². The molecule has 94 valence electrons. The van der Waals surface area contributed by atoms with E-state index in [1.807, 2.05) is 30.3 Å². The molecule has 0 unspecified atom stereocenters. The average Bonchev–Trinajstić information content (AvgIpc) is 2.31. The summed E-state index contributed by atoms with van der Waals surface area (Å²) in [6.45, 7) is 4.18. The van der Waals surface area contributed by atoms with E-state index in [9.17, 15) is 4.39 Å². The Labute approximate surface area is 107 Å². The van der Waals surface area contributed by atoms with Crippen LogP contribution in [0.2, 0.25) is 0 Å². The SMILES string of the molecule is CC(C)Cc1cc(-c2cccc(N)c2)ccc1F. The number of halogens is 1. The average molecular weight is 243 g/mol. The Hall–Kier alpha value is -1.83.